The molecule has 4 nitrogen and oxygen atoms in total. The lowest BCUT2D eigenvalue weighted by Crippen LogP contribution is -2.45. The minimum absolute atomic E-state index is 0.368. The predicted octanol–water partition coefficient (Wildman–Crippen LogP) is 2.34. The van der Waals surface area contributed by atoms with Crippen LogP contribution in [0.5, 0.6) is 0 Å². The van der Waals surface area contributed by atoms with Crippen molar-refractivity contribution >= 4 is 21.6 Å². The predicted molar refractivity (Wildman–Crippen MR) is 86.7 cm³/mol. The van der Waals surface area contributed by atoms with Crippen molar-refractivity contribution in [2.75, 3.05) is 26.0 Å². The highest BCUT2D eigenvalue weighted by Gasteiger charge is 2.26. The Balaban J connectivity index is 2.01. The van der Waals surface area contributed by atoms with Crippen LogP contribution in [-0.4, -0.2) is 45.7 Å². The second-order valence-electron chi connectivity index (χ2n) is 5.32. The molecule has 0 bridgehead atoms. The maximum atomic E-state index is 11.5. The standard InChI is InChI=1S/C15H23NO3S2/c1-3-9-16-14-8-10-19-11-15(14)20-12-4-6-13(7-5-12)21(2,17)18/h4-7,14-16H,3,8-11H2,1-2H3. The Labute approximate surface area is 131 Å². The largest absolute Gasteiger partial charge is 0.380 e. The van der Waals surface area contributed by atoms with Crippen molar-refractivity contribution < 1.29 is 13.2 Å². The van der Waals surface area contributed by atoms with E-state index in [1.807, 2.05) is 12.1 Å². The van der Waals surface area contributed by atoms with Gasteiger partial charge < -0.3 is 10.1 Å². The first kappa shape index (κ1) is 16.8. The Morgan fingerprint density at radius 1 is 1.33 bits per heavy atom. The second kappa shape index (κ2) is 7.63. The van der Waals surface area contributed by atoms with Crippen molar-refractivity contribution in [1.29, 1.82) is 0 Å². The minimum Gasteiger partial charge on any atom is -0.380 e. The van der Waals surface area contributed by atoms with E-state index in [-0.39, 0.29) is 0 Å². The van der Waals surface area contributed by atoms with Gasteiger partial charge in [-0.25, -0.2) is 8.42 Å². The molecule has 1 fully saturated rings. The molecule has 1 heterocycles. The van der Waals surface area contributed by atoms with Crippen LogP contribution in [0.1, 0.15) is 19.8 Å². The Bertz CT molecular complexity index is 543. The first-order chi connectivity index (χ1) is 10.0. The molecule has 6 heteroatoms. The van der Waals surface area contributed by atoms with Gasteiger partial charge in [0.2, 0.25) is 0 Å². The SMILES string of the molecule is CCCNC1CCOCC1Sc1ccc(S(C)(=O)=O)cc1. The molecule has 2 unspecified atom stereocenters. The third kappa shape index (κ3) is 4.98. The summed E-state index contributed by atoms with van der Waals surface area (Å²) in [7, 11) is -3.12. The summed E-state index contributed by atoms with van der Waals surface area (Å²) in [6, 6.07) is 7.57. The molecule has 0 aliphatic carbocycles. The Morgan fingerprint density at radius 3 is 2.67 bits per heavy atom. The summed E-state index contributed by atoms with van der Waals surface area (Å²) in [5, 5.41) is 3.95. The number of hydrogen-bond acceptors (Lipinski definition) is 5. The molecule has 0 radical (unpaired) electrons. The lowest BCUT2D eigenvalue weighted by molar-refractivity contribution is 0.0833. The summed E-state index contributed by atoms with van der Waals surface area (Å²) in [5.74, 6) is 0. The highest BCUT2D eigenvalue weighted by atomic mass is 32.2. The molecular weight excluding hydrogens is 306 g/mol. The highest BCUT2D eigenvalue weighted by molar-refractivity contribution is 8.00. The summed E-state index contributed by atoms with van der Waals surface area (Å²) < 4.78 is 28.5. The molecule has 0 spiro atoms. The zero-order valence-corrected chi connectivity index (χ0v) is 14.2. The number of benzene rings is 1. The van der Waals surface area contributed by atoms with Gasteiger partial charge in [0.25, 0.3) is 0 Å². The van der Waals surface area contributed by atoms with Crippen LogP contribution in [0, 0.1) is 0 Å². The van der Waals surface area contributed by atoms with Crippen molar-refractivity contribution in [2.24, 2.45) is 0 Å². The molecule has 1 aromatic carbocycles. The summed E-state index contributed by atoms with van der Waals surface area (Å²) >= 11 is 1.76. The van der Waals surface area contributed by atoms with Crippen LogP contribution < -0.4 is 5.32 Å². The van der Waals surface area contributed by atoms with Crippen molar-refractivity contribution in [3.05, 3.63) is 24.3 Å². The maximum Gasteiger partial charge on any atom is 0.175 e. The van der Waals surface area contributed by atoms with Crippen LogP contribution in [0.15, 0.2) is 34.1 Å². The van der Waals surface area contributed by atoms with Crippen LogP contribution in [0.25, 0.3) is 0 Å². The van der Waals surface area contributed by atoms with Crippen molar-refractivity contribution in [3.63, 3.8) is 0 Å². The average molecular weight is 329 g/mol. The van der Waals surface area contributed by atoms with E-state index >= 15 is 0 Å². The van der Waals surface area contributed by atoms with Crippen LogP contribution in [-0.2, 0) is 14.6 Å². The molecule has 2 rings (SSSR count). The number of hydrogen-bond donors (Lipinski definition) is 1. The highest BCUT2D eigenvalue weighted by Crippen LogP contribution is 2.29. The van der Waals surface area contributed by atoms with Crippen LogP contribution in [0.3, 0.4) is 0 Å². The van der Waals surface area contributed by atoms with Crippen LogP contribution in [0.4, 0.5) is 0 Å². The molecule has 21 heavy (non-hydrogen) atoms. The van der Waals surface area contributed by atoms with Gasteiger partial charge in [-0.3, -0.25) is 0 Å². The maximum absolute atomic E-state index is 11.5. The van der Waals surface area contributed by atoms with E-state index in [0.717, 1.165) is 37.5 Å². The molecule has 1 aliphatic rings. The van der Waals surface area contributed by atoms with E-state index in [9.17, 15) is 8.42 Å². The third-order valence-electron chi connectivity index (χ3n) is 3.50. The van der Waals surface area contributed by atoms with Gasteiger partial charge in [0, 0.05) is 29.0 Å². The molecule has 0 aromatic heterocycles. The first-order valence-corrected chi connectivity index (χ1v) is 10.1. The quantitative estimate of drug-likeness (QED) is 0.868. The van der Waals surface area contributed by atoms with Crippen LogP contribution >= 0.6 is 11.8 Å². The summed E-state index contributed by atoms with van der Waals surface area (Å²) in [4.78, 5) is 1.45. The third-order valence-corrected chi connectivity index (χ3v) is 5.94. The molecule has 1 aliphatic heterocycles. The number of thioether (sulfide) groups is 1. The smallest absolute Gasteiger partial charge is 0.175 e. The van der Waals surface area contributed by atoms with Crippen molar-refractivity contribution in [1.82, 2.24) is 5.32 Å². The second-order valence-corrected chi connectivity index (χ2v) is 8.65. The topological polar surface area (TPSA) is 55.4 Å². The van der Waals surface area contributed by atoms with Gasteiger partial charge in [0.05, 0.1) is 11.5 Å². The Hall–Kier alpha value is -0.560. The fourth-order valence-electron chi connectivity index (χ4n) is 2.33. The normalized spacial score (nSPS) is 23.1. The number of rotatable bonds is 6. The summed E-state index contributed by atoms with van der Waals surface area (Å²) in [6.07, 6.45) is 3.38. The van der Waals surface area contributed by atoms with E-state index in [4.69, 9.17) is 4.74 Å². The molecule has 1 N–H and O–H groups in total. The number of ether oxygens (including phenoxy) is 1. The van der Waals surface area contributed by atoms with Gasteiger partial charge in [-0.1, -0.05) is 6.92 Å². The fraction of sp³-hybridized carbons (Fsp3) is 0.600. The Kier molecular flexibility index (Phi) is 6.10. The molecule has 118 valence electrons. The lowest BCUT2D eigenvalue weighted by Gasteiger charge is -2.32. The van der Waals surface area contributed by atoms with E-state index < -0.39 is 9.84 Å². The molecule has 0 amide bonds. The zero-order chi connectivity index (χ0) is 15.3. The molecule has 2 atom stereocenters. The number of sulfone groups is 1. The molecular formula is C15H23NO3S2. The average Bonchev–Trinajstić information content (AvgIpc) is 2.46. The fourth-order valence-corrected chi connectivity index (χ4v) is 4.17. The van der Waals surface area contributed by atoms with Gasteiger partial charge in [0.15, 0.2) is 9.84 Å². The first-order valence-electron chi connectivity index (χ1n) is 7.28. The molecule has 1 saturated heterocycles. The van der Waals surface area contributed by atoms with Crippen molar-refractivity contribution in [2.45, 2.75) is 40.8 Å². The summed E-state index contributed by atoms with van der Waals surface area (Å²) in [5.41, 5.74) is 0. The monoisotopic (exact) mass is 329 g/mol. The van der Waals surface area contributed by atoms with E-state index in [2.05, 4.69) is 12.2 Å². The minimum atomic E-state index is -3.12. The summed E-state index contributed by atoms with van der Waals surface area (Å²) in [6.45, 7) is 4.73. The van der Waals surface area contributed by atoms with E-state index in [0.29, 0.717) is 16.2 Å². The lowest BCUT2D eigenvalue weighted by atomic mass is 10.1. The van der Waals surface area contributed by atoms with Gasteiger partial charge in [0.1, 0.15) is 0 Å². The zero-order valence-electron chi connectivity index (χ0n) is 12.5. The Morgan fingerprint density at radius 2 is 2.05 bits per heavy atom. The van der Waals surface area contributed by atoms with E-state index in [1.165, 1.54) is 6.26 Å². The van der Waals surface area contributed by atoms with Gasteiger partial charge in [-0.05, 0) is 43.7 Å². The van der Waals surface area contributed by atoms with Gasteiger partial charge >= 0.3 is 0 Å². The van der Waals surface area contributed by atoms with Crippen molar-refractivity contribution in [3.8, 4) is 0 Å². The molecule has 0 saturated carbocycles. The van der Waals surface area contributed by atoms with Gasteiger partial charge in [-0.2, -0.15) is 0 Å². The molecule has 1 aromatic rings. The number of nitrogens with one attached hydrogen (secondary N) is 1. The van der Waals surface area contributed by atoms with Gasteiger partial charge in [-0.15, -0.1) is 11.8 Å². The van der Waals surface area contributed by atoms with E-state index in [1.54, 1.807) is 23.9 Å². The van der Waals surface area contributed by atoms with Crippen LogP contribution in [0.2, 0.25) is 0 Å².